The van der Waals surface area contributed by atoms with Crippen molar-refractivity contribution in [1.82, 2.24) is 4.90 Å². The van der Waals surface area contributed by atoms with Crippen LogP contribution in [0.2, 0.25) is 0 Å². The van der Waals surface area contributed by atoms with Crippen LogP contribution in [0.25, 0.3) is 0 Å². The number of carbonyl (C=O) groups is 3. The highest BCUT2D eigenvalue weighted by Crippen LogP contribution is 2.27. The Labute approximate surface area is 169 Å². The van der Waals surface area contributed by atoms with Gasteiger partial charge in [-0.25, -0.2) is 0 Å². The molecule has 0 aromatic heterocycles. The van der Waals surface area contributed by atoms with Crippen molar-refractivity contribution in [2.24, 2.45) is 0 Å². The molecule has 0 fully saturated rings. The maximum Gasteiger partial charge on any atom is 0.261 e. The third-order valence-electron chi connectivity index (χ3n) is 5.14. The average Bonchev–Trinajstić information content (AvgIpc) is 2.96. The van der Waals surface area contributed by atoms with Gasteiger partial charge in [0.15, 0.2) is 0 Å². The van der Waals surface area contributed by atoms with Gasteiger partial charge >= 0.3 is 0 Å². The fourth-order valence-corrected chi connectivity index (χ4v) is 3.54. The summed E-state index contributed by atoms with van der Waals surface area (Å²) in [6.45, 7) is 4.06. The minimum absolute atomic E-state index is 0.205. The highest BCUT2D eigenvalue weighted by molar-refractivity contribution is 6.22. The number of nitrogens with zero attached hydrogens (tertiary/aromatic N) is 1. The van der Waals surface area contributed by atoms with Crippen molar-refractivity contribution in [2.75, 3.05) is 5.32 Å². The van der Waals surface area contributed by atoms with Gasteiger partial charge < -0.3 is 5.32 Å². The first kappa shape index (κ1) is 18.6. The van der Waals surface area contributed by atoms with Crippen LogP contribution in [0.15, 0.2) is 66.7 Å². The van der Waals surface area contributed by atoms with Gasteiger partial charge in [-0.15, -0.1) is 0 Å². The van der Waals surface area contributed by atoms with Gasteiger partial charge in [0.05, 0.1) is 17.7 Å². The Bertz CT molecular complexity index is 1120. The lowest BCUT2D eigenvalue weighted by atomic mass is 10.0. The summed E-state index contributed by atoms with van der Waals surface area (Å²) in [6.07, 6.45) is 0. The summed E-state index contributed by atoms with van der Waals surface area (Å²) in [4.78, 5) is 39.5. The zero-order valence-corrected chi connectivity index (χ0v) is 16.2. The number of hydrogen-bond donors (Lipinski definition) is 1. The average molecular weight is 384 g/mol. The summed E-state index contributed by atoms with van der Waals surface area (Å²) in [6, 6.07) is 19.8. The molecule has 5 nitrogen and oxygen atoms in total. The van der Waals surface area contributed by atoms with Gasteiger partial charge in [-0.3, -0.25) is 19.3 Å². The van der Waals surface area contributed by atoms with Gasteiger partial charge in [-0.1, -0.05) is 48.5 Å². The first-order chi connectivity index (χ1) is 14.0. The van der Waals surface area contributed by atoms with Crippen molar-refractivity contribution in [2.45, 2.75) is 20.4 Å². The molecule has 0 atom stereocenters. The number of carbonyl (C=O) groups excluding carboxylic acids is 3. The Morgan fingerprint density at radius 2 is 1.48 bits per heavy atom. The van der Waals surface area contributed by atoms with E-state index in [1.165, 1.54) is 11.0 Å². The normalized spacial score (nSPS) is 12.8. The SMILES string of the molecule is Cc1cccc(C)c1NC(=O)c1ccc2c(c1)C(=O)N(Cc1ccccc1)C2=O. The highest BCUT2D eigenvalue weighted by Gasteiger charge is 2.36. The summed E-state index contributed by atoms with van der Waals surface area (Å²) >= 11 is 0. The molecular weight excluding hydrogens is 364 g/mol. The van der Waals surface area contributed by atoms with Crippen LogP contribution in [0.1, 0.15) is 47.8 Å². The van der Waals surface area contributed by atoms with Crippen molar-refractivity contribution in [3.8, 4) is 0 Å². The number of para-hydroxylation sites is 1. The third-order valence-corrected chi connectivity index (χ3v) is 5.14. The fourth-order valence-electron chi connectivity index (χ4n) is 3.54. The van der Waals surface area contributed by atoms with E-state index in [-0.39, 0.29) is 29.8 Å². The van der Waals surface area contributed by atoms with Crippen LogP contribution in [0.4, 0.5) is 5.69 Å². The van der Waals surface area contributed by atoms with Gasteiger partial charge in [-0.2, -0.15) is 0 Å². The summed E-state index contributed by atoms with van der Waals surface area (Å²) in [5, 5.41) is 2.91. The summed E-state index contributed by atoms with van der Waals surface area (Å²) < 4.78 is 0. The molecule has 144 valence electrons. The van der Waals surface area contributed by atoms with Crippen LogP contribution in [0.3, 0.4) is 0 Å². The molecule has 5 heteroatoms. The quantitative estimate of drug-likeness (QED) is 0.680. The molecule has 4 rings (SSSR count). The number of fused-ring (bicyclic) bond motifs is 1. The predicted molar refractivity (Wildman–Crippen MR) is 111 cm³/mol. The number of imide groups is 1. The summed E-state index contributed by atoms with van der Waals surface area (Å²) in [5.41, 5.74) is 4.48. The molecule has 3 aromatic rings. The second-order valence-electron chi connectivity index (χ2n) is 7.16. The minimum Gasteiger partial charge on any atom is -0.322 e. The largest absolute Gasteiger partial charge is 0.322 e. The van der Waals surface area contributed by atoms with E-state index in [1.807, 2.05) is 62.4 Å². The molecule has 0 saturated heterocycles. The van der Waals surface area contributed by atoms with E-state index in [9.17, 15) is 14.4 Å². The zero-order chi connectivity index (χ0) is 20.5. The van der Waals surface area contributed by atoms with Crippen molar-refractivity contribution in [3.63, 3.8) is 0 Å². The van der Waals surface area contributed by atoms with Crippen LogP contribution in [0, 0.1) is 13.8 Å². The van der Waals surface area contributed by atoms with Crippen molar-refractivity contribution in [1.29, 1.82) is 0 Å². The second kappa shape index (κ2) is 7.36. The lowest BCUT2D eigenvalue weighted by molar-refractivity contribution is 0.0642. The lowest BCUT2D eigenvalue weighted by Crippen LogP contribution is -2.29. The van der Waals surface area contributed by atoms with Gasteiger partial charge in [0.2, 0.25) is 0 Å². The Morgan fingerprint density at radius 3 is 2.17 bits per heavy atom. The van der Waals surface area contributed by atoms with Crippen molar-refractivity contribution in [3.05, 3.63) is 100 Å². The van der Waals surface area contributed by atoms with E-state index in [2.05, 4.69) is 5.32 Å². The summed E-state index contributed by atoms with van der Waals surface area (Å²) in [5.74, 6) is -1.03. The van der Waals surface area contributed by atoms with Gasteiger partial charge in [0.25, 0.3) is 17.7 Å². The molecule has 0 bridgehead atoms. The standard InChI is InChI=1S/C24H20N2O3/c1-15-7-6-8-16(2)21(15)25-22(27)18-11-12-19-20(13-18)24(29)26(23(19)28)14-17-9-4-3-5-10-17/h3-13H,14H2,1-2H3,(H,25,27). The molecular formula is C24H20N2O3. The predicted octanol–water partition coefficient (Wildman–Crippen LogP) is 4.35. The number of benzene rings is 3. The zero-order valence-electron chi connectivity index (χ0n) is 16.2. The molecule has 3 amide bonds. The number of anilines is 1. The minimum atomic E-state index is -0.379. The summed E-state index contributed by atoms with van der Waals surface area (Å²) in [7, 11) is 0. The first-order valence-electron chi connectivity index (χ1n) is 9.37. The van der Waals surface area contributed by atoms with Crippen molar-refractivity contribution >= 4 is 23.4 Å². The Balaban J connectivity index is 1.59. The molecule has 3 aromatic carbocycles. The van der Waals surface area contributed by atoms with Crippen LogP contribution >= 0.6 is 0 Å². The van der Waals surface area contributed by atoms with Gasteiger partial charge in [0, 0.05) is 11.3 Å². The van der Waals surface area contributed by atoms with Crippen molar-refractivity contribution < 1.29 is 14.4 Å². The van der Waals surface area contributed by atoms with E-state index >= 15 is 0 Å². The smallest absolute Gasteiger partial charge is 0.261 e. The Morgan fingerprint density at radius 1 is 0.828 bits per heavy atom. The molecule has 0 aliphatic carbocycles. The van der Waals surface area contributed by atoms with E-state index in [0.717, 1.165) is 22.4 Å². The maximum atomic E-state index is 12.8. The molecule has 29 heavy (non-hydrogen) atoms. The van der Waals surface area contributed by atoms with E-state index in [0.29, 0.717) is 11.1 Å². The molecule has 0 spiro atoms. The molecule has 1 N–H and O–H groups in total. The number of hydrogen-bond acceptors (Lipinski definition) is 3. The number of nitrogens with one attached hydrogen (secondary N) is 1. The van der Waals surface area contributed by atoms with Crippen LogP contribution in [-0.2, 0) is 6.54 Å². The van der Waals surface area contributed by atoms with E-state index < -0.39 is 0 Å². The lowest BCUT2D eigenvalue weighted by Gasteiger charge is -2.13. The topological polar surface area (TPSA) is 66.5 Å². The van der Waals surface area contributed by atoms with Gasteiger partial charge in [0.1, 0.15) is 0 Å². The Hall–Kier alpha value is -3.73. The highest BCUT2D eigenvalue weighted by atomic mass is 16.2. The molecule has 1 heterocycles. The fraction of sp³-hybridized carbons (Fsp3) is 0.125. The molecule has 1 aliphatic heterocycles. The monoisotopic (exact) mass is 384 g/mol. The van der Waals surface area contributed by atoms with E-state index in [1.54, 1.807) is 12.1 Å². The maximum absolute atomic E-state index is 12.8. The number of aryl methyl sites for hydroxylation is 2. The van der Waals surface area contributed by atoms with Gasteiger partial charge in [-0.05, 0) is 48.7 Å². The molecule has 0 saturated carbocycles. The van der Waals surface area contributed by atoms with E-state index in [4.69, 9.17) is 0 Å². The van der Waals surface area contributed by atoms with Crippen LogP contribution in [0.5, 0.6) is 0 Å². The number of amides is 3. The first-order valence-corrected chi connectivity index (χ1v) is 9.37. The van der Waals surface area contributed by atoms with Crippen LogP contribution in [-0.4, -0.2) is 22.6 Å². The second-order valence-corrected chi connectivity index (χ2v) is 7.16. The number of rotatable bonds is 4. The Kier molecular flexibility index (Phi) is 4.72. The molecule has 0 radical (unpaired) electrons. The third kappa shape index (κ3) is 3.43. The van der Waals surface area contributed by atoms with Crippen LogP contribution < -0.4 is 5.32 Å². The molecule has 1 aliphatic rings. The molecule has 0 unspecified atom stereocenters.